The smallest absolute Gasteiger partial charge is 0.306 e. The standard InChI is InChI=1S/C47H86O12S/c1-3-5-7-9-11-13-15-17-19-20-21-22-24-26-28-30-32-34-36-43(49)58-40(38-57-47-46(52)45(51)44(50)41(59-47)39-60(53,54)55)37-56-42(48)35-33-31-29-27-25-23-18-16-14-12-10-8-6-4-2/h16,18-20,40-41,44-47,50-52H,3-15,17,21-39H2,1-2H3,(H,53,54,55)/b18-16-,20-19-. The number of esters is 2. The molecule has 1 aliphatic heterocycles. The number of unbranched alkanes of at least 4 members (excludes halogenated alkanes) is 24. The van der Waals surface area contributed by atoms with Crippen molar-refractivity contribution < 1.29 is 56.8 Å². The van der Waals surface area contributed by atoms with Crippen molar-refractivity contribution in [3.05, 3.63) is 24.3 Å². The lowest BCUT2D eigenvalue weighted by Crippen LogP contribution is -2.60. The van der Waals surface area contributed by atoms with E-state index in [-0.39, 0.29) is 19.4 Å². The first-order valence-electron chi connectivity index (χ1n) is 23.9. The summed E-state index contributed by atoms with van der Waals surface area (Å²) in [5, 5.41) is 30.9. The molecule has 12 nitrogen and oxygen atoms in total. The molecule has 1 rings (SSSR count). The molecule has 0 aliphatic carbocycles. The second-order valence-electron chi connectivity index (χ2n) is 16.8. The highest BCUT2D eigenvalue weighted by molar-refractivity contribution is 7.85. The molecular formula is C47H86O12S. The first kappa shape index (κ1) is 56.1. The molecule has 0 radical (unpaired) electrons. The van der Waals surface area contributed by atoms with Gasteiger partial charge in [0.05, 0.1) is 6.61 Å². The first-order valence-corrected chi connectivity index (χ1v) is 25.5. The molecule has 60 heavy (non-hydrogen) atoms. The molecule has 1 aliphatic rings. The third-order valence-electron chi connectivity index (χ3n) is 11.0. The Morgan fingerprint density at radius 1 is 0.550 bits per heavy atom. The van der Waals surface area contributed by atoms with Gasteiger partial charge in [-0.3, -0.25) is 14.1 Å². The van der Waals surface area contributed by atoms with Crippen LogP contribution in [0.4, 0.5) is 0 Å². The maximum absolute atomic E-state index is 12.8. The van der Waals surface area contributed by atoms with Gasteiger partial charge in [-0.2, -0.15) is 8.42 Å². The van der Waals surface area contributed by atoms with E-state index in [1.54, 1.807) is 0 Å². The molecule has 6 unspecified atom stereocenters. The maximum Gasteiger partial charge on any atom is 0.306 e. The molecule has 0 spiro atoms. The number of rotatable bonds is 40. The van der Waals surface area contributed by atoms with Crippen LogP contribution in [0.15, 0.2) is 24.3 Å². The monoisotopic (exact) mass is 875 g/mol. The summed E-state index contributed by atoms with van der Waals surface area (Å²) in [5.41, 5.74) is 0. The fourth-order valence-electron chi connectivity index (χ4n) is 7.25. The van der Waals surface area contributed by atoms with Gasteiger partial charge in [-0.25, -0.2) is 0 Å². The van der Waals surface area contributed by atoms with Crippen molar-refractivity contribution in [1.29, 1.82) is 0 Å². The van der Waals surface area contributed by atoms with Crippen LogP contribution >= 0.6 is 0 Å². The Kier molecular flexibility index (Phi) is 35.2. The van der Waals surface area contributed by atoms with E-state index in [2.05, 4.69) is 38.2 Å². The highest BCUT2D eigenvalue weighted by atomic mass is 32.2. The molecule has 1 fully saturated rings. The Morgan fingerprint density at radius 2 is 0.950 bits per heavy atom. The SMILES string of the molecule is CCCCCCC/C=C\CCCCCCCC(=O)OCC(COC1OC(CS(=O)(=O)O)C(O)C(O)C1O)OC(=O)CCCCCCCCC/C=C\CCCCCCCCC. The van der Waals surface area contributed by atoms with Crippen LogP contribution < -0.4 is 0 Å². The molecule has 352 valence electrons. The number of carbonyl (C=O) groups is 2. The van der Waals surface area contributed by atoms with Crippen molar-refractivity contribution >= 4 is 22.1 Å². The predicted molar refractivity (Wildman–Crippen MR) is 238 cm³/mol. The van der Waals surface area contributed by atoms with Crippen LogP contribution in [-0.2, 0) is 38.7 Å². The molecule has 0 saturated carbocycles. The highest BCUT2D eigenvalue weighted by Gasteiger charge is 2.46. The van der Waals surface area contributed by atoms with Gasteiger partial charge in [-0.05, 0) is 64.2 Å². The van der Waals surface area contributed by atoms with E-state index >= 15 is 0 Å². The lowest BCUT2D eigenvalue weighted by molar-refractivity contribution is -0.297. The van der Waals surface area contributed by atoms with Gasteiger partial charge in [-0.15, -0.1) is 0 Å². The molecule has 4 N–H and O–H groups in total. The van der Waals surface area contributed by atoms with E-state index < -0.39 is 71.2 Å². The van der Waals surface area contributed by atoms with Gasteiger partial charge in [0.15, 0.2) is 12.4 Å². The lowest BCUT2D eigenvalue weighted by atomic mass is 10.00. The minimum absolute atomic E-state index is 0.159. The van der Waals surface area contributed by atoms with Crippen molar-refractivity contribution in [2.24, 2.45) is 0 Å². The normalized spacial score (nSPS) is 20.3. The summed E-state index contributed by atoms with van der Waals surface area (Å²) in [7, 11) is -4.60. The largest absolute Gasteiger partial charge is 0.462 e. The summed E-state index contributed by atoms with van der Waals surface area (Å²) in [5.74, 6) is -1.99. The van der Waals surface area contributed by atoms with Gasteiger partial charge < -0.3 is 34.3 Å². The summed E-state index contributed by atoms with van der Waals surface area (Å²) in [6.07, 6.45) is 32.2. The predicted octanol–water partition coefficient (Wildman–Crippen LogP) is 10.0. The molecule has 0 bridgehead atoms. The number of carbonyl (C=O) groups excluding carboxylic acids is 2. The molecule has 0 amide bonds. The van der Waals surface area contributed by atoms with Crippen molar-refractivity contribution in [3.8, 4) is 0 Å². The van der Waals surface area contributed by atoms with E-state index in [0.29, 0.717) is 12.8 Å². The van der Waals surface area contributed by atoms with E-state index in [0.717, 1.165) is 70.6 Å². The molecule has 1 heterocycles. The summed E-state index contributed by atoms with van der Waals surface area (Å²) >= 11 is 0. The second-order valence-corrected chi connectivity index (χ2v) is 18.3. The zero-order chi connectivity index (χ0) is 44.1. The molecular weight excluding hydrogens is 789 g/mol. The van der Waals surface area contributed by atoms with E-state index in [1.807, 2.05) is 0 Å². The fourth-order valence-corrected chi connectivity index (χ4v) is 7.95. The topological polar surface area (TPSA) is 186 Å². The number of aliphatic hydroxyl groups is 3. The van der Waals surface area contributed by atoms with Crippen molar-refractivity contribution in [2.45, 2.75) is 243 Å². The number of allylic oxidation sites excluding steroid dienone is 4. The van der Waals surface area contributed by atoms with Crippen LogP contribution in [0.3, 0.4) is 0 Å². The lowest BCUT2D eigenvalue weighted by Gasteiger charge is -2.40. The van der Waals surface area contributed by atoms with Crippen molar-refractivity contribution in [2.75, 3.05) is 19.0 Å². The van der Waals surface area contributed by atoms with Gasteiger partial charge in [0.25, 0.3) is 10.1 Å². The third-order valence-corrected chi connectivity index (χ3v) is 11.8. The van der Waals surface area contributed by atoms with Gasteiger partial charge in [-0.1, -0.05) is 154 Å². The van der Waals surface area contributed by atoms with Gasteiger partial charge in [0.1, 0.15) is 36.8 Å². The molecule has 0 aromatic carbocycles. The zero-order valence-corrected chi connectivity index (χ0v) is 38.4. The number of hydrogen-bond acceptors (Lipinski definition) is 11. The van der Waals surface area contributed by atoms with Gasteiger partial charge >= 0.3 is 11.9 Å². The molecule has 0 aromatic rings. The zero-order valence-electron chi connectivity index (χ0n) is 37.6. The van der Waals surface area contributed by atoms with Crippen molar-refractivity contribution in [1.82, 2.24) is 0 Å². The number of ether oxygens (including phenoxy) is 4. The van der Waals surface area contributed by atoms with Crippen LogP contribution in [0, 0.1) is 0 Å². The summed E-state index contributed by atoms with van der Waals surface area (Å²) < 4.78 is 54.1. The second kappa shape index (κ2) is 37.7. The Morgan fingerprint density at radius 3 is 1.38 bits per heavy atom. The van der Waals surface area contributed by atoms with Crippen LogP contribution in [0.25, 0.3) is 0 Å². The highest BCUT2D eigenvalue weighted by Crippen LogP contribution is 2.24. The maximum atomic E-state index is 12.8. The average molecular weight is 875 g/mol. The third kappa shape index (κ3) is 31.9. The average Bonchev–Trinajstić information content (AvgIpc) is 3.21. The van der Waals surface area contributed by atoms with Crippen LogP contribution in [0.5, 0.6) is 0 Å². The fraction of sp³-hybridized carbons (Fsp3) is 0.872. The Balaban J connectivity index is 2.42. The quantitative estimate of drug-likeness (QED) is 0.0198. The van der Waals surface area contributed by atoms with Gasteiger partial charge in [0.2, 0.25) is 0 Å². The Labute approximate surface area is 364 Å². The van der Waals surface area contributed by atoms with Crippen LogP contribution in [-0.4, -0.2) is 96.0 Å². The summed E-state index contributed by atoms with van der Waals surface area (Å²) in [6, 6.07) is 0. The Hall–Kier alpha value is -1.87. The molecule has 6 atom stereocenters. The first-order chi connectivity index (χ1) is 29.0. The van der Waals surface area contributed by atoms with E-state index in [4.69, 9.17) is 18.9 Å². The minimum atomic E-state index is -4.60. The van der Waals surface area contributed by atoms with Crippen LogP contribution in [0.1, 0.15) is 206 Å². The Bertz CT molecular complexity index is 1210. The molecule has 0 aromatic heterocycles. The van der Waals surface area contributed by atoms with Crippen LogP contribution in [0.2, 0.25) is 0 Å². The number of hydrogen-bond donors (Lipinski definition) is 4. The molecule has 1 saturated heterocycles. The number of aliphatic hydroxyl groups excluding tert-OH is 3. The summed E-state index contributed by atoms with van der Waals surface area (Å²) in [6.45, 7) is 3.75. The summed E-state index contributed by atoms with van der Waals surface area (Å²) in [4.78, 5) is 25.4. The minimum Gasteiger partial charge on any atom is -0.462 e. The van der Waals surface area contributed by atoms with Gasteiger partial charge in [0, 0.05) is 12.8 Å². The van der Waals surface area contributed by atoms with E-state index in [9.17, 15) is 37.9 Å². The van der Waals surface area contributed by atoms with E-state index in [1.165, 1.54) is 96.3 Å². The van der Waals surface area contributed by atoms with Crippen molar-refractivity contribution in [3.63, 3.8) is 0 Å². The molecule has 13 heteroatoms.